The van der Waals surface area contributed by atoms with Crippen LogP contribution in [-0.2, 0) is 10.2 Å². The zero-order valence-electron chi connectivity index (χ0n) is 9.73. The first kappa shape index (κ1) is 12.9. The van der Waals surface area contributed by atoms with Gasteiger partial charge in [-0.1, -0.05) is 0 Å². The maximum absolute atomic E-state index is 12.1. The third-order valence-electron chi connectivity index (χ3n) is 2.72. The molecule has 0 bridgehead atoms. The zero-order valence-corrected chi connectivity index (χ0v) is 10.5. The molecule has 1 fully saturated rings. The van der Waals surface area contributed by atoms with Crippen LogP contribution in [0.3, 0.4) is 0 Å². The van der Waals surface area contributed by atoms with E-state index in [2.05, 4.69) is 5.32 Å². The van der Waals surface area contributed by atoms with Crippen molar-refractivity contribution in [1.29, 1.82) is 0 Å². The fourth-order valence-electron chi connectivity index (χ4n) is 1.50. The molecule has 1 aliphatic heterocycles. The predicted octanol–water partition coefficient (Wildman–Crippen LogP) is -0.133. The predicted molar refractivity (Wildman–Crippen MR) is 60.9 cm³/mol. The van der Waals surface area contributed by atoms with Crippen LogP contribution in [0.5, 0.6) is 0 Å². The molecule has 1 saturated heterocycles. The van der Waals surface area contributed by atoms with Crippen molar-refractivity contribution in [2.75, 3.05) is 33.2 Å². The second-order valence-corrected chi connectivity index (χ2v) is 6.11. The van der Waals surface area contributed by atoms with E-state index in [9.17, 15) is 8.42 Å². The lowest BCUT2D eigenvalue weighted by Gasteiger charge is -2.28. The first-order valence-corrected chi connectivity index (χ1v) is 6.80. The Morgan fingerprint density at radius 1 is 1.27 bits per heavy atom. The van der Waals surface area contributed by atoms with Crippen molar-refractivity contribution in [1.82, 2.24) is 13.9 Å². The SMILES string of the molecule is CC(C)N(C)S(=O)(=O)N1CCCNCC1. The summed E-state index contributed by atoms with van der Waals surface area (Å²) in [6, 6.07) is 0.00575. The summed E-state index contributed by atoms with van der Waals surface area (Å²) in [5.41, 5.74) is 0. The summed E-state index contributed by atoms with van der Waals surface area (Å²) in [7, 11) is -1.62. The molecular formula is C9H21N3O2S. The monoisotopic (exact) mass is 235 g/mol. The van der Waals surface area contributed by atoms with Crippen molar-refractivity contribution in [3.63, 3.8) is 0 Å². The van der Waals surface area contributed by atoms with Gasteiger partial charge in [0.2, 0.25) is 0 Å². The van der Waals surface area contributed by atoms with Gasteiger partial charge in [0.1, 0.15) is 0 Å². The van der Waals surface area contributed by atoms with Gasteiger partial charge in [-0.25, -0.2) is 0 Å². The quantitative estimate of drug-likeness (QED) is 0.741. The van der Waals surface area contributed by atoms with Crippen LogP contribution in [0, 0.1) is 0 Å². The molecule has 6 heteroatoms. The molecule has 90 valence electrons. The van der Waals surface area contributed by atoms with Crippen LogP contribution in [0.1, 0.15) is 20.3 Å². The average molecular weight is 235 g/mol. The third-order valence-corrected chi connectivity index (χ3v) is 4.88. The first-order valence-electron chi connectivity index (χ1n) is 5.40. The highest BCUT2D eigenvalue weighted by Gasteiger charge is 2.28. The smallest absolute Gasteiger partial charge is 0.281 e. The van der Waals surface area contributed by atoms with Gasteiger partial charge in [-0.05, 0) is 26.8 Å². The highest BCUT2D eigenvalue weighted by molar-refractivity contribution is 7.86. The summed E-state index contributed by atoms with van der Waals surface area (Å²) in [5, 5.41) is 3.19. The van der Waals surface area contributed by atoms with Crippen molar-refractivity contribution >= 4 is 10.2 Å². The third kappa shape index (κ3) is 3.14. The van der Waals surface area contributed by atoms with Crippen LogP contribution in [0.25, 0.3) is 0 Å². The van der Waals surface area contributed by atoms with E-state index in [-0.39, 0.29) is 6.04 Å². The minimum absolute atomic E-state index is 0.00575. The summed E-state index contributed by atoms with van der Waals surface area (Å²) in [6.45, 7) is 6.59. The largest absolute Gasteiger partial charge is 0.315 e. The van der Waals surface area contributed by atoms with E-state index >= 15 is 0 Å². The Hall–Kier alpha value is -0.170. The lowest BCUT2D eigenvalue weighted by Crippen LogP contribution is -2.45. The molecule has 1 N–H and O–H groups in total. The minimum atomic E-state index is -3.26. The van der Waals surface area contributed by atoms with Gasteiger partial charge in [-0.2, -0.15) is 17.0 Å². The van der Waals surface area contributed by atoms with Gasteiger partial charge in [0.25, 0.3) is 10.2 Å². The van der Waals surface area contributed by atoms with E-state index < -0.39 is 10.2 Å². The molecule has 0 unspecified atom stereocenters. The molecule has 0 radical (unpaired) electrons. The normalized spacial score (nSPS) is 20.9. The molecular weight excluding hydrogens is 214 g/mol. The van der Waals surface area contributed by atoms with Crippen LogP contribution in [0.2, 0.25) is 0 Å². The second-order valence-electron chi connectivity index (χ2n) is 4.12. The Bertz CT molecular complexity index is 282. The summed E-state index contributed by atoms with van der Waals surface area (Å²) in [5.74, 6) is 0. The summed E-state index contributed by atoms with van der Waals surface area (Å²) < 4.78 is 27.2. The molecule has 5 nitrogen and oxygen atoms in total. The molecule has 1 aliphatic rings. The molecule has 0 aromatic carbocycles. The molecule has 0 aromatic heterocycles. The fraction of sp³-hybridized carbons (Fsp3) is 1.00. The molecule has 15 heavy (non-hydrogen) atoms. The number of hydrogen-bond acceptors (Lipinski definition) is 3. The van der Waals surface area contributed by atoms with Gasteiger partial charge in [-0.3, -0.25) is 0 Å². The van der Waals surface area contributed by atoms with Crippen LogP contribution in [-0.4, -0.2) is 56.3 Å². The lowest BCUT2D eigenvalue weighted by atomic mass is 10.4. The lowest BCUT2D eigenvalue weighted by molar-refractivity contribution is 0.342. The Morgan fingerprint density at radius 2 is 1.93 bits per heavy atom. The van der Waals surface area contributed by atoms with Gasteiger partial charge < -0.3 is 5.32 Å². The van der Waals surface area contributed by atoms with E-state index in [0.29, 0.717) is 13.1 Å². The Labute approximate surface area is 92.6 Å². The summed E-state index contributed by atoms with van der Waals surface area (Å²) in [4.78, 5) is 0. The van der Waals surface area contributed by atoms with Crippen molar-refractivity contribution in [2.45, 2.75) is 26.3 Å². The van der Waals surface area contributed by atoms with Crippen molar-refractivity contribution in [3.05, 3.63) is 0 Å². The maximum Gasteiger partial charge on any atom is 0.281 e. The van der Waals surface area contributed by atoms with Gasteiger partial charge in [0.15, 0.2) is 0 Å². The Morgan fingerprint density at radius 3 is 2.53 bits per heavy atom. The molecule has 0 aromatic rings. The van der Waals surface area contributed by atoms with E-state index in [0.717, 1.165) is 19.5 Å². The summed E-state index contributed by atoms with van der Waals surface area (Å²) in [6.07, 6.45) is 0.880. The number of hydrogen-bond donors (Lipinski definition) is 1. The molecule has 0 amide bonds. The highest BCUT2D eigenvalue weighted by Crippen LogP contribution is 2.11. The molecule has 0 aliphatic carbocycles. The van der Waals surface area contributed by atoms with Crippen LogP contribution in [0.15, 0.2) is 0 Å². The van der Waals surface area contributed by atoms with Crippen molar-refractivity contribution in [2.24, 2.45) is 0 Å². The molecule has 1 rings (SSSR count). The highest BCUT2D eigenvalue weighted by atomic mass is 32.2. The van der Waals surface area contributed by atoms with Crippen LogP contribution in [0.4, 0.5) is 0 Å². The molecule has 1 heterocycles. The Balaban J connectivity index is 2.75. The van der Waals surface area contributed by atoms with E-state index in [1.54, 1.807) is 11.4 Å². The maximum atomic E-state index is 12.1. The van der Waals surface area contributed by atoms with Gasteiger partial charge >= 0.3 is 0 Å². The van der Waals surface area contributed by atoms with Crippen molar-refractivity contribution in [3.8, 4) is 0 Å². The first-order chi connectivity index (χ1) is 6.96. The molecule has 0 atom stereocenters. The minimum Gasteiger partial charge on any atom is -0.315 e. The van der Waals surface area contributed by atoms with Crippen molar-refractivity contribution < 1.29 is 8.42 Å². The standard InChI is InChI=1S/C9H21N3O2S/c1-9(2)11(3)15(13,14)12-7-4-5-10-6-8-12/h9-10H,4-8H2,1-3H3. The second kappa shape index (κ2) is 5.25. The molecule has 0 spiro atoms. The number of rotatable bonds is 3. The molecule has 0 saturated carbocycles. The van der Waals surface area contributed by atoms with E-state index in [1.807, 2.05) is 13.8 Å². The topological polar surface area (TPSA) is 52.7 Å². The van der Waals surface area contributed by atoms with Gasteiger partial charge in [0.05, 0.1) is 0 Å². The fourth-order valence-corrected chi connectivity index (χ4v) is 3.08. The van der Waals surface area contributed by atoms with Gasteiger partial charge in [-0.15, -0.1) is 0 Å². The van der Waals surface area contributed by atoms with E-state index in [4.69, 9.17) is 0 Å². The van der Waals surface area contributed by atoms with E-state index in [1.165, 1.54) is 4.31 Å². The van der Waals surface area contributed by atoms with Crippen LogP contribution >= 0.6 is 0 Å². The zero-order chi connectivity index (χ0) is 11.5. The number of nitrogens with one attached hydrogen (secondary N) is 1. The average Bonchev–Trinajstić information content (AvgIpc) is 2.44. The summed E-state index contributed by atoms with van der Waals surface area (Å²) >= 11 is 0. The van der Waals surface area contributed by atoms with Gasteiger partial charge in [0, 0.05) is 32.7 Å². The number of nitrogens with zero attached hydrogens (tertiary/aromatic N) is 2. The Kier molecular flexibility index (Phi) is 4.51. The van der Waals surface area contributed by atoms with Crippen LogP contribution < -0.4 is 5.32 Å².